The summed E-state index contributed by atoms with van der Waals surface area (Å²) in [5, 5.41) is 8.70. The first-order chi connectivity index (χ1) is 9.97. The van der Waals surface area contributed by atoms with Crippen LogP contribution in [0.3, 0.4) is 0 Å². The van der Waals surface area contributed by atoms with Gasteiger partial charge in [-0.05, 0) is 44.2 Å². The molecule has 0 aromatic carbocycles. The van der Waals surface area contributed by atoms with Crippen molar-refractivity contribution in [1.29, 1.82) is 0 Å². The summed E-state index contributed by atoms with van der Waals surface area (Å²) in [6, 6.07) is 3.02. The minimum Gasteiger partial charge on any atom is -0.481 e. The number of rotatable bonds is 7. The van der Waals surface area contributed by atoms with Gasteiger partial charge in [-0.15, -0.1) is 11.3 Å². The van der Waals surface area contributed by atoms with Crippen molar-refractivity contribution in [2.45, 2.75) is 42.7 Å². The maximum Gasteiger partial charge on any atom is 0.308 e. The number of carbonyl (C=O) groups is 1. The highest BCUT2D eigenvalue weighted by Gasteiger charge is 2.17. The van der Waals surface area contributed by atoms with E-state index in [0.717, 1.165) is 30.6 Å². The quantitative estimate of drug-likeness (QED) is 0.753. The lowest BCUT2D eigenvalue weighted by molar-refractivity contribution is -0.136. The molecule has 0 bridgehead atoms. The van der Waals surface area contributed by atoms with Gasteiger partial charge in [0.1, 0.15) is 4.21 Å². The first kappa shape index (κ1) is 16.2. The summed E-state index contributed by atoms with van der Waals surface area (Å²) < 4.78 is 27.0. The minimum atomic E-state index is -3.53. The predicted molar refractivity (Wildman–Crippen MR) is 82.0 cm³/mol. The predicted octanol–water partition coefficient (Wildman–Crippen LogP) is 2.54. The summed E-state index contributed by atoms with van der Waals surface area (Å²) in [6.07, 6.45) is 7.35. The van der Waals surface area contributed by atoms with E-state index in [1.54, 1.807) is 6.07 Å². The molecule has 1 heterocycles. The van der Waals surface area contributed by atoms with Gasteiger partial charge in [-0.25, -0.2) is 13.1 Å². The number of carboxylic acids is 1. The molecule has 0 spiro atoms. The fourth-order valence-corrected chi connectivity index (χ4v) is 4.72. The molecule has 21 heavy (non-hydrogen) atoms. The Hall–Kier alpha value is -1.18. The van der Waals surface area contributed by atoms with Crippen LogP contribution in [0.25, 0.3) is 0 Å². The van der Waals surface area contributed by atoms with E-state index in [4.69, 9.17) is 5.11 Å². The van der Waals surface area contributed by atoms with Crippen molar-refractivity contribution in [3.63, 3.8) is 0 Å². The molecule has 0 fully saturated rings. The molecular formula is C14H19NO4S2. The van der Waals surface area contributed by atoms with Crippen LogP contribution in [0.1, 0.15) is 37.0 Å². The number of thiophene rings is 1. The number of sulfonamides is 1. The first-order valence-corrected chi connectivity index (χ1v) is 9.25. The zero-order valence-corrected chi connectivity index (χ0v) is 13.3. The zero-order chi connectivity index (χ0) is 15.3. The minimum absolute atomic E-state index is 0.146. The Balaban J connectivity index is 1.90. The second-order valence-electron chi connectivity index (χ2n) is 5.05. The van der Waals surface area contributed by atoms with Gasteiger partial charge in [0.15, 0.2) is 0 Å². The SMILES string of the molecule is O=C(O)Cc1ccc(S(=O)(=O)NCCC2=CCCCC2)s1. The highest BCUT2D eigenvalue weighted by Crippen LogP contribution is 2.23. The molecule has 0 unspecified atom stereocenters. The molecule has 0 radical (unpaired) electrons. The van der Waals surface area contributed by atoms with Crippen molar-refractivity contribution in [2.24, 2.45) is 0 Å². The average Bonchev–Trinajstić information content (AvgIpc) is 2.88. The fourth-order valence-electron chi connectivity index (χ4n) is 2.30. The molecule has 1 aliphatic carbocycles. The van der Waals surface area contributed by atoms with E-state index in [0.29, 0.717) is 11.4 Å². The molecule has 1 aliphatic rings. The molecule has 116 valence electrons. The number of hydrogen-bond acceptors (Lipinski definition) is 4. The Labute approximate surface area is 128 Å². The van der Waals surface area contributed by atoms with E-state index in [1.807, 2.05) is 0 Å². The van der Waals surface area contributed by atoms with Crippen LogP contribution in [0.15, 0.2) is 28.0 Å². The summed E-state index contributed by atoms with van der Waals surface area (Å²) in [5.74, 6) is -0.960. The molecular weight excluding hydrogens is 310 g/mol. The zero-order valence-electron chi connectivity index (χ0n) is 11.7. The van der Waals surface area contributed by atoms with Crippen LogP contribution in [-0.4, -0.2) is 26.0 Å². The summed E-state index contributed by atoms with van der Waals surface area (Å²) in [5.41, 5.74) is 1.32. The van der Waals surface area contributed by atoms with Gasteiger partial charge in [-0.3, -0.25) is 4.79 Å². The Morgan fingerprint density at radius 2 is 2.14 bits per heavy atom. The third-order valence-corrected chi connectivity index (χ3v) is 6.39. The Bertz CT molecular complexity index is 631. The Morgan fingerprint density at radius 3 is 2.81 bits per heavy atom. The van der Waals surface area contributed by atoms with Crippen LogP contribution < -0.4 is 4.72 Å². The van der Waals surface area contributed by atoms with Gasteiger partial charge in [0, 0.05) is 11.4 Å². The van der Waals surface area contributed by atoms with Gasteiger partial charge in [0.05, 0.1) is 6.42 Å². The highest BCUT2D eigenvalue weighted by molar-refractivity contribution is 7.91. The summed E-state index contributed by atoms with van der Waals surface area (Å²) in [4.78, 5) is 11.1. The van der Waals surface area contributed by atoms with Crippen LogP contribution in [-0.2, 0) is 21.2 Å². The van der Waals surface area contributed by atoms with E-state index in [2.05, 4.69) is 10.8 Å². The summed E-state index contributed by atoms with van der Waals surface area (Å²) in [7, 11) is -3.53. The van der Waals surface area contributed by atoms with Crippen molar-refractivity contribution >= 4 is 27.3 Å². The topological polar surface area (TPSA) is 83.5 Å². The second kappa shape index (κ2) is 7.20. The standard InChI is InChI=1S/C14H19NO4S2/c16-13(17)10-12-6-7-14(20-12)21(18,19)15-9-8-11-4-2-1-3-5-11/h4,6-7,15H,1-3,5,8-10H2,(H,16,17). The molecule has 0 atom stereocenters. The van der Waals surface area contributed by atoms with Crippen molar-refractivity contribution in [2.75, 3.05) is 6.54 Å². The maximum absolute atomic E-state index is 12.1. The molecule has 0 aliphatic heterocycles. The Kier molecular flexibility index (Phi) is 5.55. The van der Waals surface area contributed by atoms with Crippen molar-refractivity contribution in [3.8, 4) is 0 Å². The molecule has 7 heteroatoms. The van der Waals surface area contributed by atoms with Gasteiger partial charge in [0.2, 0.25) is 10.0 Å². The smallest absolute Gasteiger partial charge is 0.308 e. The lowest BCUT2D eigenvalue weighted by atomic mass is 9.97. The van der Waals surface area contributed by atoms with E-state index < -0.39 is 16.0 Å². The van der Waals surface area contributed by atoms with Crippen LogP contribution in [0.2, 0.25) is 0 Å². The van der Waals surface area contributed by atoms with E-state index >= 15 is 0 Å². The van der Waals surface area contributed by atoms with Crippen molar-refractivity contribution in [1.82, 2.24) is 4.72 Å². The third-order valence-electron chi connectivity index (χ3n) is 3.35. The van der Waals surface area contributed by atoms with E-state index in [-0.39, 0.29) is 10.6 Å². The highest BCUT2D eigenvalue weighted by atomic mass is 32.2. The number of nitrogens with one attached hydrogen (secondary N) is 1. The lowest BCUT2D eigenvalue weighted by Crippen LogP contribution is -2.24. The molecule has 2 rings (SSSR count). The van der Waals surface area contributed by atoms with Crippen LogP contribution in [0, 0.1) is 0 Å². The van der Waals surface area contributed by atoms with Crippen molar-refractivity contribution < 1.29 is 18.3 Å². The number of carboxylic acid groups (broad SMARTS) is 1. The molecule has 1 aromatic rings. The molecule has 0 saturated carbocycles. The van der Waals surface area contributed by atoms with Gasteiger partial charge < -0.3 is 5.11 Å². The van der Waals surface area contributed by atoms with E-state index in [1.165, 1.54) is 24.5 Å². The molecule has 0 saturated heterocycles. The van der Waals surface area contributed by atoms with Crippen LogP contribution in [0.4, 0.5) is 0 Å². The normalized spacial score (nSPS) is 15.7. The van der Waals surface area contributed by atoms with Gasteiger partial charge in [-0.2, -0.15) is 0 Å². The molecule has 5 nitrogen and oxygen atoms in total. The van der Waals surface area contributed by atoms with E-state index in [9.17, 15) is 13.2 Å². The summed E-state index contributed by atoms with van der Waals surface area (Å²) >= 11 is 1.01. The van der Waals surface area contributed by atoms with Crippen molar-refractivity contribution in [3.05, 3.63) is 28.7 Å². The van der Waals surface area contributed by atoms with Crippen LogP contribution >= 0.6 is 11.3 Å². The molecule has 2 N–H and O–H groups in total. The van der Waals surface area contributed by atoms with Crippen LogP contribution in [0.5, 0.6) is 0 Å². The monoisotopic (exact) mass is 329 g/mol. The lowest BCUT2D eigenvalue weighted by Gasteiger charge is -2.12. The molecule has 0 amide bonds. The fraction of sp³-hybridized carbons (Fsp3) is 0.500. The number of aliphatic carboxylic acids is 1. The first-order valence-electron chi connectivity index (χ1n) is 6.95. The summed E-state index contributed by atoms with van der Waals surface area (Å²) in [6.45, 7) is 0.389. The maximum atomic E-state index is 12.1. The third kappa shape index (κ3) is 4.94. The van der Waals surface area contributed by atoms with Gasteiger partial charge in [0.25, 0.3) is 0 Å². The number of allylic oxidation sites excluding steroid dienone is 1. The Morgan fingerprint density at radius 1 is 1.33 bits per heavy atom. The largest absolute Gasteiger partial charge is 0.481 e. The van der Waals surface area contributed by atoms with Gasteiger partial charge >= 0.3 is 5.97 Å². The van der Waals surface area contributed by atoms with Gasteiger partial charge in [-0.1, -0.05) is 11.6 Å². The molecule has 1 aromatic heterocycles. The average molecular weight is 329 g/mol. The second-order valence-corrected chi connectivity index (χ2v) is 8.21. The number of hydrogen-bond donors (Lipinski definition) is 2.